The lowest BCUT2D eigenvalue weighted by Gasteiger charge is -2.38. The van der Waals surface area contributed by atoms with Gasteiger partial charge in [-0.25, -0.2) is 0 Å². The van der Waals surface area contributed by atoms with Crippen LogP contribution in [0.15, 0.2) is 22.8 Å². The Morgan fingerprint density at radius 2 is 2.00 bits per heavy atom. The standard InChI is InChI=1S/C15H24O2/c1-9(2)15(17)8-11(4)12-6-5-10(3)7-13(16)14(12)15/h5,9,13-14,16-17H,6-8H2,1-4H3. The Bertz CT molecular complexity index is 378. The highest BCUT2D eigenvalue weighted by atomic mass is 16.3. The first kappa shape index (κ1) is 12.8. The van der Waals surface area contributed by atoms with Crippen LogP contribution in [-0.2, 0) is 0 Å². The van der Waals surface area contributed by atoms with Crippen LogP contribution in [0.1, 0.15) is 47.0 Å². The summed E-state index contributed by atoms with van der Waals surface area (Å²) in [6, 6.07) is 0. The van der Waals surface area contributed by atoms with Crippen molar-refractivity contribution in [3.63, 3.8) is 0 Å². The van der Waals surface area contributed by atoms with Crippen LogP contribution in [0.3, 0.4) is 0 Å². The summed E-state index contributed by atoms with van der Waals surface area (Å²) in [5.74, 6) is 0.101. The number of hydrogen-bond acceptors (Lipinski definition) is 2. The minimum absolute atomic E-state index is 0.0730. The molecule has 0 saturated carbocycles. The Labute approximate surface area is 104 Å². The van der Waals surface area contributed by atoms with Crippen LogP contribution in [0.4, 0.5) is 0 Å². The SMILES string of the molecule is CC1=CCC2=C(C)CC(O)(C(C)C)C2C(O)C1. The number of aliphatic hydroxyl groups is 2. The van der Waals surface area contributed by atoms with Crippen molar-refractivity contribution < 1.29 is 10.2 Å². The molecule has 2 nitrogen and oxygen atoms in total. The van der Waals surface area contributed by atoms with Crippen molar-refractivity contribution in [3.05, 3.63) is 22.8 Å². The van der Waals surface area contributed by atoms with Crippen LogP contribution in [0.25, 0.3) is 0 Å². The molecular weight excluding hydrogens is 212 g/mol. The molecule has 0 aromatic rings. The molecule has 0 aliphatic heterocycles. The molecule has 0 bridgehead atoms. The average Bonchev–Trinajstić information content (AvgIpc) is 2.36. The van der Waals surface area contributed by atoms with E-state index in [1.54, 1.807) is 0 Å². The van der Waals surface area contributed by atoms with Gasteiger partial charge < -0.3 is 10.2 Å². The Morgan fingerprint density at radius 1 is 1.35 bits per heavy atom. The third kappa shape index (κ3) is 1.98. The maximum Gasteiger partial charge on any atom is 0.0797 e. The Kier molecular flexibility index (Phi) is 3.21. The molecule has 0 heterocycles. The highest BCUT2D eigenvalue weighted by Gasteiger charge is 2.50. The highest BCUT2D eigenvalue weighted by Crippen LogP contribution is 2.49. The number of hydrogen-bond donors (Lipinski definition) is 2. The summed E-state index contributed by atoms with van der Waals surface area (Å²) in [5.41, 5.74) is 3.03. The van der Waals surface area contributed by atoms with Gasteiger partial charge in [-0.2, -0.15) is 0 Å². The molecule has 2 aliphatic rings. The molecule has 96 valence electrons. The molecule has 0 amide bonds. The van der Waals surface area contributed by atoms with Gasteiger partial charge in [-0.15, -0.1) is 0 Å². The number of aliphatic hydroxyl groups excluding tert-OH is 1. The van der Waals surface area contributed by atoms with Crippen LogP contribution in [0.2, 0.25) is 0 Å². The molecule has 0 radical (unpaired) electrons. The van der Waals surface area contributed by atoms with Crippen molar-refractivity contribution in [3.8, 4) is 0 Å². The second-order valence-electron chi connectivity index (χ2n) is 6.13. The van der Waals surface area contributed by atoms with Gasteiger partial charge in [-0.3, -0.25) is 0 Å². The normalized spacial score (nSPS) is 38.2. The summed E-state index contributed by atoms with van der Waals surface area (Å²) in [6.45, 7) is 8.26. The van der Waals surface area contributed by atoms with Crippen LogP contribution in [0, 0.1) is 11.8 Å². The minimum Gasteiger partial charge on any atom is -0.392 e. The van der Waals surface area contributed by atoms with Crippen LogP contribution >= 0.6 is 0 Å². The molecule has 2 heteroatoms. The van der Waals surface area contributed by atoms with E-state index >= 15 is 0 Å². The second kappa shape index (κ2) is 4.25. The predicted octanol–water partition coefficient (Wildman–Crippen LogP) is 2.81. The summed E-state index contributed by atoms with van der Waals surface area (Å²) >= 11 is 0. The monoisotopic (exact) mass is 236 g/mol. The largest absolute Gasteiger partial charge is 0.392 e. The van der Waals surface area contributed by atoms with Crippen molar-refractivity contribution >= 4 is 0 Å². The molecule has 2 aliphatic carbocycles. The van der Waals surface area contributed by atoms with Gasteiger partial charge >= 0.3 is 0 Å². The fourth-order valence-corrected chi connectivity index (χ4v) is 3.46. The van der Waals surface area contributed by atoms with E-state index in [2.05, 4.69) is 19.9 Å². The van der Waals surface area contributed by atoms with Gasteiger partial charge in [0.05, 0.1) is 11.7 Å². The molecule has 0 aromatic heterocycles. The molecule has 0 saturated heterocycles. The molecule has 0 spiro atoms. The van der Waals surface area contributed by atoms with E-state index in [0.29, 0.717) is 12.8 Å². The van der Waals surface area contributed by atoms with E-state index in [-0.39, 0.29) is 11.8 Å². The summed E-state index contributed by atoms with van der Waals surface area (Å²) < 4.78 is 0. The minimum atomic E-state index is -0.753. The topological polar surface area (TPSA) is 40.5 Å². The molecule has 17 heavy (non-hydrogen) atoms. The fourth-order valence-electron chi connectivity index (χ4n) is 3.46. The summed E-state index contributed by atoms with van der Waals surface area (Å²) in [5, 5.41) is 21.3. The highest BCUT2D eigenvalue weighted by molar-refractivity contribution is 5.34. The summed E-state index contributed by atoms with van der Waals surface area (Å²) in [6.07, 6.45) is 4.07. The number of allylic oxidation sites excluding steroid dienone is 1. The van der Waals surface area contributed by atoms with Gasteiger partial charge in [-0.05, 0) is 39.0 Å². The van der Waals surface area contributed by atoms with Gasteiger partial charge in [0.1, 0.15) is 0 Å². The molecule has 0 aromatic carbocycles. The van der Waals surface area contributed by atoms with Crippen molar-refractivity contribution in [2.45, 2.75) is 58.7 Å². The van der Waals surface area contributed by atoms with E-state index in [0.717, 1.165) is 6.42 Å². The Morgan fingerprint density at radius 3 is 2.59 bits per heavy atom. The molecule has 3 unspecified atom stereocenters. The van der Waals surface area contributed by atoms with E-state index in [1.165, 1.54) is 16.7 Å². The zero-order chi connectivity index (χ0) is 12.8. The van der Waals surface area contributed by atoms with Gasteiger partial charge in [-0.1, -0.05) is 36.6 Å². The van der Waals surface area contributed by atoms with E-state index in [1.807, 2.05) is 13.8 Å². The number of rotatable bonds is 1. The first-order valence-corrected chi connectivity index (χ1v) is 6.61. The molecule has 2 N–H and O–H groups in total. The first-order chi connectivity index (χ1) is 7.86. The Balaban J connectivity index is 2.41. The Hall–Kier alpha value is -0.600. The number of fused-ring (bicyclic) bond motifs is 1. The van der Waals surface area contributed by atoms with Crippen LogP contribution in [0.5, 0.6) is 0 Å². The zero-order valence-corrected chi connectivity index (χ0v) is 11.3. The quantitative estimate of drug-likeness (QED) is 0.687. The first-order valence-electron chi connectivity index (χ1n) is 6.61. The lowest BCUT2D eigenvalue weighted by atomic mass is 9.74. The molecule has 2 rings (SSSR count). The van der Waals surface area contributed by atoms with Crippen molar-refractivity contribution in [1.29, 1.82) is 0 Å². The van der Waals surface area contributed by atoms with Gasteiger partial charge in [0.2, 0.25) is 0 Å². The summed E-state index contributed by atoms with van der Waals surface area (Å²) in [7, 11) is 0. The fraction of sp³-hybridized carbons (Fsp3) is 0.733. The lowest BCUT2D eigenvalue weighted by molar-refractivity contribution is -0.0754. The van der Waals surface area contributed by atoms with E-state index in [4.69, 9.17) is 0 Å². The van der Waals surface area contributed by atoms with Gasteiger partial charge in [0.15, 0.2) is 0 Å². The van der Waals surface area contributed by atoms with Crippen molar-refractivity contribution in [2.75, 3.05) is 0 Å². The summed E-state index contributed by atoms with van der Waals surface area (Å²) in [4.78, 5) is 0. The smallest absolute Gasteiger partial charge is 0.0797 e. The van der Waals surface area contributed by atoms with Crippen LogP contribution < -0.4 is 0 Å². The van der Waals surface area contributed by atoms with Gasteiger partial charge in [0.25, 0.3) is 0 Å². The predicted molar refractivity (Wildman–Crippen MR) is 69.6 cm³/mol. The van der Waals surface area contributed by atoms with Crippen molar-refractivity contribution in [2.24, 2.45) is 11.8 Å². The zero-order valence-electron chi connectivity index (χ0n) is 11.3. The third-order valence-electron chi connectivity index (χ3n) is 4.60. The third-order valence-corrected chi connectivity index (χ3v) is 4.60. The maximum atomic E-state index is 10.9. The second-order valence-corrected chi connectivity index (χ2v) is 6.13. The van der Waals surface area contributed by atoms with Crippen LogP contribution in [-0.4, -0.2) is 21.9 Å². The van der Waals surface area contributed by atoms with E-state index in [9.17, 15) is 10.2 Å². The van der Waals surface area contributed by atoms with Crippen molar-refractivity contribution in [1.82, 2.24) is 0 Å². The average molecular weight is 236 g/mol. The maximum absolute atomic E-state index is 10.9. The van der Waals surface area contributed by atoms with E-state index < -0.39 is 11.7 Å². The molecule has 3 atom stereocenters. The molecule has 0 fully saturated rings. The lowest BCUT2D eigenvalue weighted by Crippen LogP contribution is -2.45. The molecular formula is C15H24O2. The van der Waals surface area contributed by atoms with Gasteiger partial charge in [0, 0.05) is 5.92 Å².